The van der Waals surface area contributed by atoms with Crippen molar-refractivity contribution in [2.45, 2.75) is 6.54 Å². The van der Waals surface area contributed by atoms with Gasteiger partial charge in [-0.3, -0.25) is 4.79 Å². The third-order valence-corrected chi connectivity index (χ3v) is 3.62. The first-order valence-electron chi connectivity index (χ1n) is 7.17. The average Bonchev–Trinajstić information content (AvgIpc) is 2.71. The Morgan fingerprint density at radius 3 is 2.82 bits per heavy atom. The Kier molecular flexibility index (Phi) is 4.06. The highest BCUT2D eigenvalue weighted by Crippen LogP contribution is 2.28. The fourth-order valence-corrected chi connectivity index (χ4v) is 2.51. The molecule has 0 unspecified atom stereocenters. The Bertz CT molecular complexity index is 716. The van der Waals surface area contributed by atoms with Gasteiger partial charge in [-0.05, 0) is 42.4 Å². The van der Waals surface area contributed by atoms with E-state index < -0.39 is 0 Å². The van der Waals surface area contributed by atoms with Crippen LogP contribution in [0.4, 0.5) is 4.39 Å². The summed E-state index contributed by atoms with van der Waals surface area (Å²) in [6.45, 7) is 1.40. The number of benzene rings is 2. The fraction of sp³-hybridized carbons (Fsp3) is 0.235. The molecule has 5 heteroatoms. The molecule has 0 saturated carbocycles. The Hall–Kier alpha value is -2.40. The molecule has 1 aliphatic heterocycles. The Morgan fingerprint density at radius 2 is 2.00 bits per heavy atom. The van der Waals surface area contributed by atoms with Gasteiger partial charge in [-0.1, -0.05) is 12.1 Å². The van der Waals surface area contributed by atoms with Crippen molar-refractivity contribution in [3.63, 3.8) is 0 Å². The summed E-state index contributed by atoms with van der Waals surface area (Å²) in [5.41, 5.74) is 2.83. The first-order valence-corrected chi connectivity index (χ1v) is 7.17. The number of ether oxygens (including phenoxy) is 1. The van der Waals surface area contributed by atoms with E-state index in [1.54, 1.807) is 31.3 Å². The van der Waals surface area contributed by atoms with Gasteiger partial charge in [0.1, 0.15) is 18.2 Å². The summed E-state index contributed by atoms with van der Waals surface area (Å²) < 4.78 is 19.3. The Labute approximate surface area is 128 Å². The van der Waals surface area contributed by atoms with Crippen LogP contribution in [0, 0.1) is 5.82 Å². The molecule has 0 fully saturated rings. The second kappa shape index (κ2) is 6.15. The van der Waals surface area contributed by atoms with Crippen LogP contribution in [0.1, 0.15) is 15.9 Å². The maximum atomic E-state index is 13.7. The minimum absolute atomic E-state index is 0.146. The molecule has 2 aromatic rings. The predicted octanol–water partition coefficient (Wildman–Crippen LogP) is 2.33. The lowest BCUT2D eigenvalue weighted by atomic mass is 10.00. The van der Waals surface area contributed by atoms with Crippen LogP contribution in [-0.4, -0.2) is 26.1 Å². The van der Waals surface area contributed by atoms with Crippen molar-refractivity contribution in [3.05, 3.63) is 53.3 Å². The zero-order valence-corrected chi connectivity index (χ0v) is 12.3. The molecule has 0 radical (unpaired) electrons. The summed E-state index contributed by atoms with van der Waals surface area (Å²) in [6.07, 6.45) is 0. The molecule has 3 rings (SSSR count). The largest absolute Gasteiger partial charge is 0.491 e. The third kappa shape index (κ3) is 2.80. The molecule has 0 aromatic heterocycles. The molecule has 0 spiro atoms. The fourth-order valence-electron chi connectivity index (χ4n) is 2.51. The van der Waals surface area contributed by atoms with Crippen LogP contribution < -0.4 is 15.4 Å². The topological polar surface area (TPSA) is 50.4 Å². The summed E-state index contributed by atoms with van der Waals surface area (Å²) in [6, 6.07) is 10.4. The number of fused-ring (bicyclic) bond motifs is 1. The zero-order chi connectivity index (χ0) is 15.5. The zero-order valence-electron chi connectivity index (χ0n) is 12.3. The molecule has 2 N–H and O–H groups in total. The molecule has 0 atom stereocenters. The van der Waals surface area contributed by atoms with Crippen LogP contribution in [0.3, 0.4) is 0 Å². The molecule has 0 saturated heterocycles. The van der Waals surface area contributed by atoms with E-state index in [1.165, 1.54) is 6.07 Å². The van der Waals surface area contributed by atoms with Crippen molar-refractivity contribution in [1.82, 2.24) is 10.6 Å². The van der Waals surface area contributed by atoms with Crippen molar-refractivity contribution in [2.75, 3.05) is 20.2 Å². The SMILES string of the molecule is CNCc1cc(-c2ccc3c(c2)C(=O)NCCO3)ccc1F. The lowest BCUT2D eigenvalue weighted by molar-refractivity contribution is 0.0957. The van der Waals surface area contributed by atoms with Gasteiger partial charge in [0.05, 0.1) is 12.1 Å². The van der Waals surface area contributed by atoms with Crippen molar-refractivity contribution in [3.8, 4) is 16.9 Å². The van der Waals surface area contributed by atoms with Crippen LogP contribution in [0.2, 0.25) is 0 Å². The van der Waals surface area contributed by atoms with Gasteiger partial charge in [0, 0.05) is 12.1 Å². The maximum absolute atomic E-state index is 13.7. The molecule has 1 amide bonds. The summed E-state index contributed by atoms with van der Waals surface area (Å²) in [7, 11) is 1.77. The van der Waals surface area contributed by atoms with Gasteiger partial charge in [-0.15, -0.1) is 0 Å². The molecule has 1 aliphatic rings. The Balaban J connectivity index is 2.02. The van der Waals surface area contributed by atoms with Crippen LogP contribution in [0.25, 0.3) is 11.1 Å². The average molecular weight is 300 g/mol. The van der Waals surface area contributed by atoms with E-state index >= 15 is 0 Å². The highest BCUT2D eigenvalue weighted by atomic mass is 19.1. The lowest BCUT2D eigenvalue weighted by Gasteiger charge is -2.10. The van der Waals surface area contributed by atoms with Crippen LogP contribution in [-0.2, 0) is 6.54 Å². The van der Waals surface area contributed by atoms with E-state index in [0.29, 0.717) is 36.6 Å². The van der Waals surface area contributed by atoms with Gasteiger partial charge in [0.25, 0.3) is 5.91 Å². The van der Waals surface area contributed by atoms with Crippen molar-refractivity contribution >= 4 is 5.91 Å². The standard InChI is InChI=1S/C17H17FN2O2/c1-19-10-13-8-11(2-4-15(13)18)12-3-5-16-14(9-12)17(21)20-6-7-22-16/h2-5,8-9,19H,6-7,10H2,1H3,(H,20,21). The predicted molar refractivity (Wildman–Crippen MR) is 82.4 cm³/mol. The van der Waals surface area contributed by atoms with Crippen LogP contribution >= 0.6 is 0 Å². The van der Waals surface area contributed by atoms with Gasteiger partial charge in [-0.25, -0.2) is 4.39 Å². The van der Waals surface area contributed by atoms with E-state index in [0.717, 1.165) is 11.1 Å². The van der Waals surface area contributed by atoms with E-state index in [1.807, 2.05) is 6.07 Å². The number of halogens is 1. The summed E-state index contributed by atoms with van der Waals surface area (Å²) in [4.78, 5) is 12.1. The molecule has 1 heterocycles. The molecule has 2 aromatic carbocycles. The molecule has 4 nitrogen and oxygen atoms in total. The van der Waals surface area contributed by atoms with Crippen molar-refractivity contribution in [2.24, 2.45) is 0 Å². The molecular formula is C17H17FN2O2. The van der Waals surface area contributed by atoms with Gasteiger partial charge in [0.2, 0.25) is 0 Å². The normalized spacial score (nSPS) is 13.8. The lowest BCUT2D eigenvalue weighted by Crippen LogP contribution is -2.24. The van der Waals surface area contributed by atoms with E-state index in [9.17, 15) is 9.18 Å². The van der Waals surface area contributed by atoms with Gasteiger partial charge in [0.15, 0.2) is 0 Å². The Morgan fingerprint density at radius 1 is 1.23 bits per heavy atom. The van der Waals surface area contributed by atoms with Gasteiger partial charge >= 0.3 is 0 Å². The van der Waals surface area contributed by atoms with Crippen LogP contribution in [0.15, 0.2) is 36.4 Å². The number of nitrogens with one attached hydrogen (secondary N) is 2. The monoisotopic (exact) mass is 300 g/mol. The van der Waals surface area contributed by atoms with Crippen LogP contribution in [0.5, 0.6) is 5.75 Å². The molecule has 0 aliphatic carbocycles. The number of carbonyl (C=O) groups excluding carboxylic acids is 1. The minimum Gasteiger partial charge on any atom is -0.491 e. The summed E-state index contributed by atoms with van der Waals surface area (Å²) >= 11 is 0. The molecule has 22 heavy (non-hydrogen) atoms. The van der Waals surface area contributed by atoms with E-state index in [4.69, 9.17) is 4.74 Å². The molecule has 114 valence electrons. The van der Waals surface area contributed by atoms with Crippen molar-refractivity contribution < 1.29 is 13.9 Å². The van der Waals surface area contributed by atoms with Crippen molar-refractivity contribution in [1.29, 1.82) is 0 Å². The van der Waals surface area contributed by atoms with Gasteiger partial charge < -0.3 is 15.4 Å². The second-order valence-electron chi connectivity index (χ2n) is 5.15. The molecular weight excluding hydrogens is 283 g/mol. The smallest absolute Gasteiger partial charge is 0.255 e. The number of amides is 1. The van der Waals surface area contributed by atoms with Gasteiger partial charge in [-0.2, -0.15) is 0 Å². The van der Waals surface area contributed by atoms with E-state index in [-0.39, 0.29) is 11.7 Å². The number of carbonyl (C=O) groups is 1. The minimum atomic E-state index is -0.242. The molecule has 0 bridgehead atoms. The summed E-state index contributed by atoms with van der Waals surface area (Å²) in [5, 5.41) is 5.73. The third-order valence-electron chi connectivity index (χ3n) is 3.62. The number of hydrogen-bond acceptors (Lipinski definition) is 3. The highest BCUT2D eigenvalue weighted by molar-refractivity contribution is 5.98. The second-order valence-corrected chi connectivity index (χ2v) is 5.15. The first kappa shape index (κ1) is 14.5. The summed E-state index contributed by atoms with van der Waals surface area (Å²) in [5.74, 6) is 0.192. The number of hydrogen-bond donors (Lipinski definition) is 2. The van der Waals surface area contributed by atoms with E-state index in [2.05, 4.69) is 10.6 Å². The quantitative estimate of drug-likeness (QED) is 0.915. The number of rotatable bonds is 3. The first-order chi connectivity index (χ1) is 10.7. The maximum Gasteiger partial charge on any atom is 0.255 e. The highest BCUT2D eigenvalue weighted by Gasteiger charge is 2.17.